The summed E-state index contributed by atoms with van der Waals surface area (Å²) in [5, 5.41) is 8.08. The van der Waals surface area contributed by atoms with E-state index in [0.717, 1.165) is 55.4 Å². The standard InChI is InChI=1S/C35H36FN5O4/c1-21-7-6-14-40(21)16-11-38-35(43)25-20-41-27-19-29-23(22-8-2-3-9-28(22)44-29)18-30(27)45-34-31(37-10-15-39-12-4-5-13-39)26(36)17-24(32(34)41)33(25)42/h2-3,8-9,17-21,37H,4-7,10-16H2,1H3,(H,38,43). The second-order valence-corrected chi connectivity index (χ2v) is 12.5. The van der Waals surface area contributed by atoms with Crippen LogP contribution in [0.1, 0.15) is 43.0 Å². The number of amides is 1. The van der Waals surface area contributed by atoms with Crippen molar-refractivity contribution in [3.63, 3.8) is 0 Å². The average Bonchev–Trinajstić information content (AvgIpc) is 3.79. The van der Waals surface area contributed by atoms with Gasteiger partial charge < -0.3 is 29.3 Å². The third kappa shape index (κ3) is 4.83. The lowest BCUT2D eigenvalue weighted by molar-refractivity contribution is 0.0946. The highest BCUT2D eigenvalue weighted by molar-refractivity contribution is 6.07. The minimum atomic E-state index is -0.596. The maximum absolute atomic E-state index is 15.9. The Morgan fingerprint density at radius 2 is 1.82 bits per heavy atom. The Balaban J connectivity index is 1.23. The van der Waals surface area contributed by atoms with Crippen molar-refractivity contribution in [2.45, 2.75) is 38.6 Å². The summed E-state index contributed by atoms with van der Waals surface area (Å²) in [4.78, 5) is 32.0. The Kier molecular flexibility index (Phi) is 6.98. The summed E-state index contributed by atoms with van der Waals surface area (Å²) in [5.41, 5.74) is 2.02. The Labute approximate surface area is 259 Å². The van der Waals surface area contributed by atoms with Gasteiger partial charge in [0.2, 0.25) is 5.43 Å². The monoisotopic (exact) mass is 609 g/mol. The molecular formula is C35H36FN5O4. The van der Waals surface area contributed by atoms with Crippen LogP contribution in [0.5, 0.6) is 11.5 Å². The van der Waals surface area contributed by atoms with E-state index in [4.69, 9.17) is 9.15 Å². The number of anilines is 1. The van der Waals surface area contributed by atoms with Crippen molar-refractivity contribution >= 4 is 44.4 Å². The number of para-hydroxylation sites is 1. The number of nitrogens with one attached hydrogen (secondary N) is 2. The van der Waals surface area contributed by atoms with E-state index in [2.05, 4.69) is 27.4 Å². The summed E-state index contributed by atoms with van der Waals surface area (Å²) in [6, 6.07) is 13.2. The van der Waals surface area contributed by atoms with Gasteiger partial charge in [-0.1, -0.05) is 18.2 Å². The number of likely N-dealkylation sites (tertiary alicyclic amines) is 2. The number of halogens is 1. The number of benzene rings is 3. The molecule has 3 aliphatic rings. The molecule has 5 aromatic rings. The van der Waals surface area contributed by atoms with Crippen LogP contribution >= 0.6 is 0 Å². The molecule has 5 heterocycles. The minimum absolute atomic E-state index is 0.0467. The lowest BCUT2D eigenvalue weighted by atomic mass is 10.0. The van der Waals surface area contributed by atoms with Crippen molar-refractivity contribution in [3.8, 4) is 17.2 Å². The molecule has 45 heavy (non-hydrogen) atoms. The molecule has 0 saturated carbocycles. The number of pyridine rings is 1. The van der Waals surface area contributed by atoms with Crippen LogP contribution in [0.2, 0.25) is 0 Å². The van der Waals surface area contributed by atoms with Gasteiger partial charge in [0.1, 0.15) is 27.9 Å². The number of aromatic nitrogens is 1. The van der Waals surface area contributed by atoms with E-state index in [-0.39, 0.29) is 22.4 Å². The lowest BCUT2D eigenvalue weighted by Gasteiger charge is -2.26. The average molecular weight is 610 g/mol. The van der Waals surface area contributed by atoms with E-state index in [0.29, 0.717) is 48.2 Å². The molecule has 9 nitrogen and oxygen atoms in total. The van der Waals surface area contributed by atoms with Crippen molar-refractivity contribution < 1.29 is 18.3 Å². The number of carbonyl (C=O) groups excluding carboxylic acids is 1. The van der Waals surface area contributed by atoms with Crippen LogP contribution in [0.4, 0.5) is 10.1 Å². The van der Waals surface area contributed by atoms with Gasteiger partial charge in [-0.25, -0.2) is 4.39 Å². The Hall–Kier alpha value is -4.41. The smallest absolute Gasteiger partial charge is 0.256 e. The maximum Gasteiger partial charge on any atom is 0.256 e. The van der Waals surface area contributed by atoms with Crippen LogP contribution < -0.4 is 20.8 Å². The highest BCUT2D eigenvalue weighted by atomic mass is 19.1. The van der Waals surface area contributed by atoms with E-state index in [9.17, 15) is 9.59 Å². The maximum atomic E-state index is 15.9. The van der Waals surface area contributed by atoms with Crippen molar-refractivity contribution in [1.82, 2.24) is 19.7 Å². The molecule has 2 aromatic heterocycles. The molecular weight excluding hydrogens is 573 g/mol. The summed E-state index contributed by atoms with van der Waals surface area (Å²) >= 11 is 0. The summed E-state index contributed by atoms with van der Waals surface area (Å²) < 4.78 is 30.3. The molecule has 1 unspecified atom stereocenters. The van der Waals surface area contributed by atoms with E-state index in [1.807, 2.05) is 36.4 Å². The van der Waals surface area contributed by atoms with Crippen LogP contribution in [-0.4, -0.2) is 72.1 Å². The van der Waals surface area contributed by atoms with Crippen LogP contribution in [0.3, 0.4) is 0 Å². The predicted octanol–water partition coefficient (Wildman–Crippen LogP) is 5.86. The molecule has 232 valence electrons. The number of rotatable bonds is 8. The number of ether oxygens (including phenoxy) is 1. The highest BCUT2D eigenvalue weighted by Crippen LogP contribution is 2.47. The minimum Gasteiger partial charge on any atom is -0.456 e. The zero-order chi connectivity index (χ0) is 30.7. The van der Waals surface area contributed by atoms with E-state index >= 15 is 4.39 Å². The Bertz CT molecular complexity index is 2030. The van der Waals surface area contributed by atoms with E-state index < -0.39 is 17.2 Å². The number of hydrogen-bond donors (Lipinski definition) is 2. The third-order valence-corrected chi connectivity index (χ3v) is 9.67. The molecule has 0 aliphatic carbocycles. The molecule has 1 amide bonds. The topological polar surface area (TPSA) is 92.0 Å². The molecule has 8 rings (SSSR count). The van der Waals surface area contributed by atoms with Gasteiger partial charge in [0.05, 0.1) is 11.1 Å². The summed E-state index contributed by atoms with van der Waals surface area (Å²) in [7, 11) is 0. The van der Waals surface area contributed by atoms with Crippen LogP contribution in [-0.2, 0) is 0 Å². The number of furan rings is 1. The third-order valence-electron chi connectivity index (χ3n) is 9.67. The fraction of sp³-hybridized carbons (Fsp3) is 0.371. The van der Waals surface area contributed by atoms with Gasteiger partial charge in [0.25, 0.3) is 5.91 Å². The summed E-state index contributed by atoms with van der Waals surface area (Å²) in [5.74, 6) is -0.362. The van der Waals surface area contributed by atoms with Crippen molar-refractivity contribution in [2.24, 2.45) is 0 Å². The Morgan fingerprint density at radius 1 is 0.978 bits per heavy atom. The predicted molar refractivity (Wildman–Crippen MR) is 174 cm³/mol. The molecule has 0 radical (unpaired) electrons. The zero-order valence-electron chi connectivity index (χ0n) is 25.3. The van der Waals surface area contributed by atoms with Gasteiger partial charge >= 0.3 is 0 Å². The van der Waals surface area contributed by atoms with Crippen molar-refractivity contribution in [3.05, 3.63) is 70.3 Å². The Morgan fingerprint density at radius 3 is 2.64 bits per heavy atom. The number of fused-ring (bicyclic) bond motifs is 5. The van der Waals surface area contributed by atoms with Crippen LogP contribution in [0.15, 0.2) is 57.9 Å². The number of nitrogens with zero attached hydrogens (tertiary/aromatic N) is 3. The highest BCUT2D eigenvalue weighted by Gasteiger charge is 2.30. The molecule has 10 heteroatoms. The van der Waals surface area contributed by atoms with Gasteiger partial charge in [-0.2, -0.15) is 0 Å². The molecule has 2 fully saturated rings. The SMILES string of the molecule is CC1CCCN1CCNC(=O)c1cn2c3c(c(NCCN4CCCC4)c(F)cc3c1=O)Oc1cc3c(cc1-2)oc1ccccc13. The normalized spacial score (nSPS) is 18.1. The molecule has 2 saturated heterocycles. The first kappa shape index (κ1) is 28.1. The molecule has 2 N–H and O–H groups in total. The molecule has 3 aliphatic heterocycles. The summed E-state index contributed by atoms with van der Waals surface area (Å²) in [6.45, 7) is 7.69. The first-order chi connectivity index (χ1) is 22.0. The molecule has 0 spiro atoms. The number of carbonyl (C=O) groups is 1. The van der Waals surface area contributed by atoms with E-state index in [1.165, 1.54) is 18.9 Å². The second kappa shape index (κ2) is 11.2. The van der Waals surface area contributed by atoms with E-state index in [1.54, 1.807) is 10.8 Å². The zero-order valence-corrected chi connectivity index (χ0v) is 25.3. The largest absolute Gasteiger partial charge is 0.456 e. The lowest BCUT2D eigenvalue weighted by Crippen LogP contribution is -2.38. The van der Waals surface area contributed by atoms with Gasteiger partial charge in [-0.05, 0) is 70.4 Å². The van der Waals surface area contributed by atoms with Gasteiger partial charge in [0, 0.05) is 55.3 Å². The summed E-state index contributed by atoms with van der Waals surface area (Å²) in [6.07, 6.45) is 6.20. The fourth-order valence-electron chi connectivity index (χ4n) is 7.24. The first-order valence-electron chi connectivity index (χ1n) is 16.0. The second-order valence-electron chi connectivity index (χ2n) is 12.5. The molecule has 0 bridgehead atoms. The molecule has 1 atom stereocenters. The number of hydrogen-bond acceptors (Lipinski definition) is 7. The molecule has 3 aromatic carbocycles. The van der Waals surface area contributed by atoms with Gasteiger partial charge in [0.15, 0.2) is 17.3 Å². The fourth-order valence-corrected chi connectivity index (χ4v) is 7.24. The van der Waals surface area contributed by atoms with Gasteiger partial charge in [-0.15, -0.1) is 0 Å². The van der Waals surface area contributed by atoms with Crippen LogP contribution in [0, 0.1) is 5.82 Å². The van der Waals surface area contributed by atoms with Crippen LogP contribution in [0.25, 0.3) is 38.5 Å². The quantitative estimate of drug-likeness (QED) is 0.224. The first-order valence-corrected chi connectivity index (χ1v) is 16.0. The van der Waals surface area contributed by atoms with Crippen molar-refractivity contribution in [2.75, 3.05) is 51.1 Å². The van der Waals surface area contributed by atoms with Gasteiger partial charge in [-0.3, -0.25) is 14.5 Å². The van der Waals surface area contributed by atoms with Crippen molar-refractivity contribution in [1.29, 1.82) is 0 Å².